The van der Waals surface area contributed by atoms with Crippen molar-refractivity contribution < 1.29 is 19.0 Å². The largest absolute Gasteiger partial charge is 0.508 e. The lowest BCUT2D eigenvalue weighted by molar-refractivity contribution is -0.120. The predicted molar refractivity (Wildman–Crippen MR) is 68.0 cm³/mol. The van der Waals surface area contributed by atoms with Crippen molar-refractivity contribution in [1.82, 2.24) is 5.32 Å². The zero-order valence-electron chi connectivity index (χ0n) is 9.50. The minimum atomic E-state index is -0.888. The fourth-order valence-corrected chi connectivity index (χ4v) is 1.89. The van der Waals surface area contributed by atoms with Crippen molar-refractivity contribution in [3.05, 3.63) is 36.2 Å². The summed E-state index contributed by atoms with van der Waals surface area (Å²) in [5.41, 5.74) is 0.478. The van der Waals surface area contributed by atoms with Gasteiger partial charge in [-0.15, -0.1) is 0 Å². The number of nitrogens with one attached hydrogen (secondary N) is 1. The van der Waals surface area contributed by atoms with Gasteiger partial charge in [-0.3, -0.25) is 13.9 Å². The van der Waals surface area contributed by atoms with Gasteiger partial charge in [-0.05, 0) is 30.5 Å². The molecule has 0 heterocycles. The maximum Gasteiger partial charge on any atom is 0.221 e. The number of phenolic OH excluding ortho intramolecular Hbond substituents is 1. The number of rotatable bonds is 6. The molecule has 1 aromatic carbocycles. The van der Waals surface area contributed by atoms with Gasteiger partial charge >= 0.3 is 0 Å². The van der Waals surface area contributed by atoms with Gasteiger partial charge in [0.2, 0.25) is 5.91 Å². The lowest BCUT2D eigenvalue weighted by atomic mass is 10.1. The van der Waals surface area contributed by atoms with Gasteiger partial charge in [0.25, 0.3) is 0 Å². The zero-order chi connectivity index (χ0) is 13.5. The van der Waals surface area contributed by atoms with Crippen LogP contribution in [-0.4, -0.2) is 16.5 Å². The van der Waals surface area contributed by atoms with Gasteiger partial charge < -0.3 is 10.4 Å². The van der Waals surface area contributed by atoms with Gasteiger partial charge in [0, 0.05) is 6.42 Å². The molecule has 0 unspecified atom stereocenters. The van der Waals surface area contributed by atoms with Gasteiger partial charge in [-0.25, -0.2) is 0 Å². The summed E-state index contributed by atoms with van der Waals surface area (Å²) in [4.78, 5) is 11.4. The second-order valence-electron chi connectivity index (χ2n) is 3.62. The molecule has 18 heavy (non-hydrogen) atoms. The van der Waals surface area contributed by atoms with Gasteiger partial charge in [0.1, 0.15) is 5.75 Å². The quantitative estimate of drug-likeness (QED) is 0.786. The van der Waals surface area contributed by atoms with Crippen LogP contribution in [0.4, 0.5) is 0 Å². The molecule has 0 aliphatic carbocycles. The number of benzene rings is 1. The van der Waals surface area contributed by atoms with E-state index in [1.165, 1.54) is 6.07 Å². The second-order valence-corrected chi connectivity index (χ2v) is 5.48. The monoisotopic (exact) mass is 284 g/mol. The van der Waals surface area contributed by atoms with Crippen LogP contribution in [0.3, 0.4) is 0 Å². The summed E-state index contributed by atoms with van der Waals surface area (Å²) in [6.45, 7) is 3.65. The predicted octanol–water partition coefficient (Wildman–Crippen LogP) is 2.49. The first-order valence-electron chi connectivity index (χ1n) is 5.15. The van der Waals surface area contributed by atoms with Crippen molar-refractivity contribution in [1.29, 1.82) is 0 Å². The Morgan fingerprint density at radius 1 is 1.39 bits per heavy atom. The Bertz CT molecular complexity index is 456. The molecule has 0 bridgehead atoms. The van der Waals surface area contributed by atoms with Gasteiger partial charge in [-0.1, -0.05) is 12.1 Å². The maximum absolute atomic E-state index is 11.4. The molecule has 0 atom stereocenters. The summed E-state index contributed by atoms with van der Waals surface area (Å²) in [7, 11) is -0.766. The smallest absolute Gasteiger partial charge is 0.221 e. The first-order chi connectivity index (χ1) is 8.56. The van der Waals surface area contributed by atoms with Crippen molar-refractivity contribution >= 4 is 22.8 Å². The number of carbonyl (C=O) groups is 1. The fraction of sp³-hybridized carbons (Fsp3) is 0.273. The molecular formula is C11H12NO4P2. The van der Waals surface area contributed by atoms with E-state index in [0.29, 0.717) is 12.0 Å². The highest BCUT2D eigenvalue weighted by Crippen LogP contribution is 2.18. The highest BCUT2D eigenvalue weighted by molar-refractivity contribution is 7.44. The SMILES string of the molecule is [CH2]c1cc(CCC(=O)NC(P=O)P=O)ccc1O. The molecule has 0 spiro atoms. The highest BCUT2D eigenvalue weighted by Gasteiger charge is 2.11. The average molecular weight is 284 g/mol. The first-order valence-corrected chi connectivity index (χ1v) is 6.91. The lowest BCUT2D eigenvalue weighted by Crippen LogP contribution is -2.27. The third kappa shape index (κ3) is 4.52. The average Bonchev–Trinajstić information content (AvgIpc) is 2.37. The third-order valence-electron chi connectivity index (χ3n) is 2.27. The fourth-order valence-electron chi connectivity index (χ4n) is 1.34. The number of aryl methyl sites for hydroxylation is 1. The summed E-state index contributed by atoms with van der Waals surface area (Å²) in [6.07, 6.45) is 0.651. The van der Waals surface area contributed by atoms with E-state index in [1.807, 2.05) is 0 Å². The Morgan fingerprint density at radius 2 is 2.06 bits per heavy atom. The van der Waals surface area contributed by atoms with E-state index in [-0.39, 0.29) is 35.0 Å². The topological polar surface area (TPSA) is 83.5 Å². The molecule has 0 fully saturated rings. The normalized spacial score (nSPS) is 12.5. The lowest BCUT2D eigenvalue weighted by Gasteiger charge is -2.06. The number of hydrogen-bond donors (Lipinski definition) is 2. The number of carbonyl (C=O) groups excluding carboxylic acids is 1. The van der Waals surface area contributed by atoms with Crippen LogP contribution >= 0.6 is 16.9 Å². The third-order valence-corrected chi connectivity index (χ3v) is 3.50. The summed E-state index contributed by atoms with van der Waals surface area (Å²) in [5.74, 6) is -0.219. The van der Waals surface area contributed by atoms with Crippen molar-refractivity contribution in [2.24, 2.45) is 0 Å². The van der Waals surface area contributed by atoms with Crippen LogP contribution in [-0.2, 0) is 20.3 Å². The zero-order valence-corrected chi connectivity index (χ0v) is 11.3. The van der Waals surface area contributed by atoms with E-state index in [4.69, 9.17) is 0 Å². The maximum atomic E-state index is 11.4. The number of hydrogen-bond acceptors (Lipinski definition) is 4. The summed E-state index contributed by atoms with van der Waals surface area (Å²) in [6, 6.07) is 4.91. The van der Waals surface area contributed by atoms with E-state index >= 15 is 0 Å². The molecule has 1 radical (unpaired) electrons. The summed E-state index contributed by atoms with van der Waals surface area (Å²) in [5, 5.41) is 11.6. The van der Waals surface area contributed by atoms with E-state index in [0.717, 1.165) is 5.56 Å². The molecule has 7 heteroatoms. The molecule has 1 rings (SSSR count). The standard InChI is InChI=1S/C11H12NO4P2/c1-7-6-8(2-4-9(7)13)3-5-10(14)12-11(17-15)18-16/h2,4,6,11,13H,1,3,5H2,(H,12,14). The van der Waals surface area contributed by atoms with Crippen LogP contribution in [0.15, 0.2) is 18.2 Å². The molecule has 0 saturated carbocycles. The Hall–Kier alpha value is -1.31. The van der Waals surface area contributed by atoms with Crippen molar-refractivity contribution in [3.8, 4) is 5.75 Å². The molecule has 5 nitrogen and oxygen atoms in total. The van der Waals surface area contributed by atoms with Crippen LogP contribution in [0.25, 0.3) is 0 Å². The van der Waals surface area contributed by atoms with E-state index in [1.54, 1.807) is 12.1 Å². The van der Waals surface area contributed by atoms with Gasteiger partial charge in [0.05, 0.1) is 0 Å². The van der Waals surface area contributed by atoms with Crippen LogP contribution < -0.4 is 5.32 Å². The Morgan fingerprint density at radius 3 is 2.61 bits per heavy atom. The van der Waals surface area contributed by atoms with Gasteiger partial charge in [0.15, 0.2) is 22.4 Å². The highest BCUT2D eigenvalue weighted by atomic mass is 31.1. The molecule has 0 aromatic heterocycles. The summed E-state index contributed by atoms with van der Waals surface area (Å²) >= 11 is 0. The Labute approximate surface area is 108 Å². The molecule has 95 valence electrons. The minimum absolute atomic E-state index is 0.110. The molecule has 0 aliphatic heterocycles. The first kappa shape index (κ1) is 14.7. The van der Waals surface area contributed by atoms with Crippen LogP contribution in [0, 0.1) is 6.92 Å². The minimum Gasteiger partial charge on any atom is -0.508 e. The number of amides is 1. The number of phenols is 1. The Balaban J connectivity index is 2.49. The van der Waals surface area contributed by atoms with Crippen molar-refractivity contribution in [3.63, 3.8) is 0 Å². The van der Waals surface area contributed by atoms with E-state index in [9.17, 15) is 19.0 Å². The Kier molecular flexibility index (Phi) is 5.90. The van der Waals surface area contributed by atoms with Crippen LogP contribution in [0.1, 0.15) is 17.5 Å². The molecule has 2 N–H and O–H groups in total. The molecule has 0 saturated heterocycles. The van der Waals surface area contributed by atoms with Gasteiger partial charge in [-0.2, -0.15) is 0 Å². The van der Waals surface area contributed by atoms with Crippen molar-refractivity contribution in [2.75, 3.05) is 0 Å². The summed E-state index contributed by atoms with van der Waals surface area (Å²) < 4.78 is 20.9. The van der Waals surface area contributed by atoms with Crippen molar-refractivity contribution in [2.45, 2.75) is 18.4 Å². The molecule has 1 amide bonds. The molecular weight excluding hydrogens is 272 g/mol. The molecule has 1 aromatic rings. The number of aromatic hydroxyl groups is 1. The van der Waals surface area contributed by atoms with Crippen LogP contribution in [0.2, 0.25) is 0 Å². The van der Waals surface area contributed by atoms with E-state index < -0.39 is 5.52 Å². The molecule has 0 aliphatic rings. The van der Waals surface area contributed by atoms with Crippen LogP contribution in [0.5, 0.6) is 5.75 Å². The second kappa shape index (κ2) is 7.20. The van der Waals surface area contributed by atoms with E-state index in [2.05, 4.69) is 12.2 Å².